The first kappa shape index (κ1) is 15.2. The van der Waals surface area contributed by atoms with Crippen molar-refractivity contribution in [2.75, 3.05) is 5.32 Å². The van der Waals surface area contributed by atoms with Gasteiger partial charge in [0.2, 0.25) is 5.91 Å². The summed E-state index contributed by atoms with van der Waals surface area (Å²) in [6.45, 7) is 5.20. The molecule has 1 atom stereocenters. The van der Waals surface area contributed by atoms with Crippen molar-refractivity contribution in [3.63, 3.8) is 0 Å². The third-order valence-corrected chi connectivity index (χ3v) is 2.14. The van der Waals surface area contributed by atoms with Gasteiger partial charge in [-0.15, -0.1) is 10.2 Å². The molecule has 2 N–H and O–H groups in total. The Morgan fingerprint density at radius 1 is 1.21 bits per heavy atom. The van der Waals surface area contributed by atoms with Crippen molar-refractivity contribution in [2.45, 2.75) is 39.0 Å². The van der Waals surface area contributed by atoms with Crippen LogP contribution in [0, 0.1) is 0 Å². The van der Waals surface area contributed by atoms with E-state index in [1.54, 1.807) is 6.92 Å². The Balaban J connectivity index is 2.65. The molecule has 0 saturated carbocycles. The van der Waals surface area contributed by atoms with Crippen LogP contribution in [-0.2, 0) is 11.0 Å². The minimum atomic E-state index is -4.52. The van der Waals surface area contributed by atoms with Crippen molar-refractivity contribution < 1.29 is 18.0 Å². The zero-order valence-corrected chi connectivity index (χ0v) is 10.7. The van der Waals surface area contributed by atoms with Crippen LogP contribution in [0.4, 0.5) is 19.0 Å². The predicted molar refractivity (Wildman–Crippen MR) is 63.4 cm³/mol. The van der Waals surface area contributed by atoms with Gasteiger partial charge in [-0.2, -0.15) is 13.2 Å². The van der Waals surface area contributed by atoms with E-state index in [1.165, 1.54) is 0 Å². The van der Waals surface area contributed by atoms with Gasteiger partial charge >= 0.3 is 6.18 Å². The van der Waals surface area contributed by atoms with Crippen LogP contribution in [-0.4, -0.2) is 28.2 Å². The third-order valence-electron chi connectivity index (χ3n) is 2.14. The molecular formula is C11H15F3N4O. The van der Waals surface area contributed by atoms with Crippen LogP contribution in [0.1, 0.15) is 26.5 Å². The smallest absolute Gasteiger partial charge is 0.357 e. The summed E-state index contributed by atoms with van der Waals surface area (Å²) < 4.78 is 36.8. The summed E-state index contributed by atoms with van der Waals surface area (Å²) in [4.78, 5) is 11.6. The number of rotatable bonds is 4. The van der Waals surface area contributed by atoms with Crippen LogP contribution in [0.2, 0.25) is 0 Å². The largest absolute Gasteiger partial charge is 0.435 e. The van der Waals surface area contributed by atoms with Gasteiger partial charge in [-0.3, -0.25) is 4.79 Å². The van der Waals surface area contributed by atoms with Gasteiger partial charge in [-0.1, -0.05) is 0 Å². The van der Waals surface area contributed by atoms with Crippen molar-refractivity contribution in [1.29, 1.82) is 0 Å². The second-order valence-electron chi connectivity index (χ2n) is 4.33. The average Bonchev–Trinajstić information content (AvgIpc) is 2.27. The minimum absolute atomic E-state index is 0.0181. The molecule has 0 radical (unpaired) electrons. The highest BCUT2D eigenvalue weighted by atomic mass is 19.4. The van der Waals surface area contributed by atoms with Crippen LogP contribution in [0.15, 0.2) is 12.1 Å². The van der Waals surface area contributed by atoms with Gasteiger partial charge in [0.1, 0.15) is 11.9 Å². The molecule has 1 amide bonds. The number of hydrogen-bond acceptors (Lipinski definition) is 4. The second kappa shape index (κ2) is 5.85. The Morgan fingerprint density at radius 3 is 2.26 bits per heavy atom. The van der Waals surface area contributed by atoms with Gasteiger partial charge in [0.05, 0.1) is 0 Å². The van der Waals surface area contributed by atoms with E-state index >= 15 is 0 Å². The van der Waals surface area contributed by atoms with Crippen molar-refractivity contribution in [2.24, 2.45) is 0 Å². The van der Waals surface area contributed by atoms with Crippen LogP contribution < -0.4 is 10.6 Å². The summed E-state index contributed by atoms with van der Waals surface area (Å²) in [7, 11) is 0. The van der Waals surface area contributed by atoms with E-state index in [2.05, 4.69) is 20.8 Å². The number of amides is 1. The number of carbonyl (C=O) groups is 1. The summed E-state index contributed by atoms with van der Waals surface area (Å²) >= 11 is 0. The first-order valence-corrected chi connectivity index (χ1v) is 5.68. The molecule has 1 rings (SSSR count). The number of carbonyl (C=O) groups excluding carboxylic acids is 1. The molecule has 0 aromatic carbocycles. The molecule has 106 valence electrons. The summed E-state index contributed by atoms with van der Waals surface area (Å²) in [5, 5.41) is 11.8. The average molecular weight is 276 g/mol. The molecule has 1 aromatic heterocycles. The number of nitrogens with one attached hydrogen (secondary N) is 2. The van der Waals surface area contributed by atoms with Crippen LogP contribution in [0.25, 0.3) is 0 Å². The summed E-state index contributed by atoms with van der Waals surface area (Å²) in [6, 6.07) is 1.31. The van der Waals surface area contributed by atoms with Crippen molar-refractivity contribution >= 4 is 11.7 Å². The number of halogens is 3. The van der Waals surface area contributed by atoms with Crippen molar-refractivity contribution in [3.8, 4) is 0 Å². The maximum absolute atomic E-state index is 12.3. The molecule has 19 heavy (non-hydrogen) atoms. The van der Waals surface area contributed by atoms with Gasteiger partial charge in [-0.25, -0.2) is 0 Å². The lowest BCUT2D eigenvalue weighted by Crippen LogP contribution is -2.41. The molecule has 1 unspecified atom stereocenters. The SMILES string of the molecule is CC(C)NC(=O)C(C)Nc1ccc(C(F)(F)F)nn1. The molecule has 0 spiro atoms. The van der Waals surface area contributed by atoms with Crippen LogP contribution in [0.3, 0.4) is 0 Å². The minimum Gasteiger partial charge on any atom is -0.357 e. The monoisotopic (exact) mass is 276 g/mol. The van der Waals surface area contributed by atoms with E-state index in [4.69, 9.17) is 0 Å². The predicted octanol–water partition coefficient (Wildman–Crippen LogP) is 1.82. The molecule has 0 saturated heterocycles. The summed E-state index contributed by atoms with van der Waals surface area (Å²) in [5.41, 5.74) is -1.07. The fourth-order valence-electron chi connectivity index (χ4n) is 1.26. The number of alkyl halides is 3. The quantitative estimate of drug-likeness (QED) is 0.880. The van der Waals surface area contributed by atoms with Crippen molar-refractivity contribution in [3.05, 3.63) is 17.8 Å². The summed E-state index contributed by atoms with van der Waals surface area (Å²) in [6.07, 6.45) is -4.52. The van der Waals surface area contributed by atoms with E-state index < -0.39 is 17.9 Å². The van der Waals surface area contributed by atoms with Gasteiger partial charge in [0.15, 0.2) is 5.69 Å². The summed E-state index contributed by atoms with van der Waals surface area (Å²) in [5.74, 6) is -0.156. The third kappa shape index (κ3) is 4.72. The fraction of sp³-hybridized carbons (Fsp3) is 0.545. The van der Waals surface area contributed by atoms with E-state index in [9.17, 15) is 18.0 Å². The zero-order chi connectivity index (χ0) is 14.6. The Hall–Kier alpha value is -1.86. The Labute approximate surface area is 108 Å². The number of hydrogen-bond donors (Lipinski definition) is 2. The van der Waals surface area contributed by atoms with Gasteiger partial charge in [-0.05, 0) is 32.9 Å². The molecule has 5 nitrogen and oxygen atoms in total. The lowest BCUT2D eigenvalue weighted by atomic mass is 10.2. The first-order chi connectivity index (χ1) is 8.70. The lowest BCUT2D eigenvalue weighted by Gasteiger charge is -2.16. The van der Waals surface area contributed by atoms with Gasteiger partial charge < -0.3 is 10.6 Å². The van der Waals surface area contributed by atoms with Gasteiger partial charge in [0.25, 0.3) is 0 Å². The fourth-order valence-corrected chi connectivity index (χ4v) is 1.26. The molecule has 8 heteroatoms. The first-order valence-electron chi connectivity index (χ1n) is 5.68. The normalized spacial score (nSPS) is 13.2. The molecule has 0 bridgehead atoms. The highest BCUT2D eigenvalue weighted by Gasteiger charge is 2.32. The topological polar surface area (TPSA) is 66.9 Å². The maximum atomic E-state index is 12.3. The van der Waals surface area contributed by atoms with Crippen molar-refractivity contribution in [1.82, 2.24) is 15.5 Å². The molecule has 1 heterocycles. The molecule has 0 fully saturated rings. The lowest BCUT2D eigenvalue weighted by molar-refractivity contribution is -0.141. The highest BCUT2D eigenvalue weighted by molar-refractivity contribution is 5.84. The standard InChI is InChI=1S/C11H15F3N4O/c1-6(2)15-10(19)7(3)16-9-5-4-8(17-18-9)11(12,13)14/h4-7H,1-3H3,(H,15,19)(H,16,18). The molecule has 0 aliphatic rings. The molecular weight excluding hydrogens is 261 g/mol. The zero-order valence-electron chi connectivity index (χ0n) is 10.7. The second-order valence-corrected chi connectivity index (χ2v) is 4.33. The van der Waals surface area contributed by atoms with Crippen LogP contribution >= 0.6 is 0 Å². The number of anilines is 1. The van der Waals surface area contributed by atoms with E-state index in [-0.39, 0.29) is 17.8 Å². The molecule has 0 aliphatic carbocycles. The number of aromatic nitrogens is 2. The highest BCUT2D eigenvalue weighted by Crippen LogP contribution is 2.27. The number of nitrogens with zero attached hydrogens (tertiary/aromatic N) is 2. The molecule has 0 aliphatic heterocycles. The molecule has 1 aromatic rings. The Kier molecular flexibility index (Phi) is 4.68. The van der Waals surface area contributed by atoms with E-state index in [0.717, 1.165) is 12.1 Å². The Bertz CT molecular complexity index is 431. The van der Waals surface area contributed by atoms with E-state index in [0.29, 0.717) is 0 Å². The van der Waals surface area contributed by atoms with Crippen LogP contribution in [0.5, 0.6) is 0 Å². The van der Waals surface area contributed by atoms with Gasteiger partial charge in [0, 0.05) is 6.04 Å². The van der Waals surface area contributed by atoms with E-state index in [1.807, 2.05) is 13.8 Å². The maximum Gasteiger partial charge on any atom is 0.435 e. The Morgan fingerprint density at radius 2 is 1.84 bits per heavy atom.